The van der Waals surface area contributed by atoms with Crippen molar-refractivity contribution in [2.75, 3.05) is 19.3 Å². The summed E-state index contributed by atoms with van der Waals surface area (Å²) < 4.78 is 2.32. The summed E-state index contributed by atoms with van der Waals surface area (Å²) in [6.07, 6.45) is 8.90. The van der Waals surface area contributed by atoms with Gasteiger partial charge in [-0.25, -0.2) is 0 Å². The molecule has 1 aromatic carbocycles. The maximum absolute atomic E-state index is 12.6. The van der Waals surface area contributed by atoms with Gasteiger partial charge in [0.15, 0.2) is 5.16 Å². The van der Waals surface area contributed by atoms with E-state index in [0.29, 0.717) is 32.1 Å². The van der Waals surface area contributed by atoms with E-state index in [2.05, 4.69) is 32.2 Å². The maximum Gasteiger partial charge on any atom is 0.225 e. The minimum absolute atomic E-state index is 0.0215. The third kappa shape index (κ3) is 5.34. The lowest BCUT2D eigenvalue weighted by molar-refractivity contribution is -0.129. The van der Waals surface area contributed by atoms with E-state index in [1.807, 2.05) is 25.3 Å². The van der Waals surface area contributed by atoms with Gasteiger partial charge in [0.05, 0.1) is 5.92 Å². The third-order valence-corrected chi connectivity index (χ3v) is 7.21. The number of thioether (sulfide) groups is 1. The van der Waals surface area contributed by atoms with Gasteiger partial charge in [0.2, 0.25) is 11.8 Å². The second kappa shape index (κ2) is 10.5. The maximum atomic E-state index is 12.6. The fourth-order valence-electron chi connectivity index (χ4n) is 4.76. The number of hydrogen-bond donors (Lipinski definition) is 1. The molecular weight excluding hydrogens is 422 g/mol. The molecule has 1 saturated heterocycles. The number of likely N-dealkylation sites (tertiary alicyclic amines) is 1. The molecule has 1 aliphatic carbocycles. The highest BCUT2D eigenvalue weighted by Gasteiger charge is 2.34. The first-order valence-corrected chi connectivity index (χ1v) is 12.9. The Morgan fingerprint density at radius 1 is 1.19 bits per heavy atom. The zero-order valence-electron chi connectivity index (χ0n) is 19.0. The van der Waals surface area contributed by atoms with Crippen LogP contribution in [0.15, 0.2) is 29.4 Å². The average Bonchev–Trinajstić information content (AvgIpc) is 3.53. The van der Waals surface area contributed by atoms with E-state index < -0.39 is 0 Å². The number of benzene rings is 1. The van der Waals surface area contributed by atoms with E-state index in [9.17, 15) is 9.59 Å². The molecule has 2 heterocycles. The molecule has 1 atom stereocenters. The van der Waals surface area contributed by atoms with Gasteiger partial charge in [0, 0.05) is 38.5 Å². The van der Waals surface area contributed by atoms with Crippen LogP contribution < -0.4 is 5.32 Å². The summed E-state index contributed by atoms with van der Waals surface area (Å²) in [6.45, 7) is 3.70. The highest BCUT2D eigenvalue weighted by atomic mass is 32.2. The van der Waals surface area contributed by atoms with Crippen LogP contribution in [-0.4, -0.2) is 50.8 Å². The van der Waals surface area contributed by atoms with Gasteiger partial charge in [-0.3, -0.25) is 9.59 Å². The van der Waals surface area contributed by atoms with Crippen molar-refractivity contribution in [3.8, 4) is 0 Å². The first-order valence-electron chi connectivity index (χ1n) is 11.6. The van der Waals surface area contributed by atoms with Gasteiger partial charge >= 0.3 is 0 Å². The third-order valence-electron chi connectivity index (χ3n) is 6.56. The lowest BCUT2D eigenvalue weighted by atomic mass is 10.1. The SMILES string of the molecule is CSc1nnc(CCCNC(=O)C2CC(=O)N(Cc3ccc(C)cc3)C2)n1C1CCCC1. The van der Waals surface area contributed by atoms with Crippen molar-refractivity contribution in [3.63, 3.8) is 0 Å². The number of aromatic nitrogens is 3. The minimum atomic E-state index is -0.266. The van der Waals surface area contributed by atoms with Crippen LogP contribution >= 0.6 is 11.8 Å². The van der Waals surface area contributed by atoms with Gasteiger partial charge in [-0.2, -0.15) is 0 Å². The Balaban J connectivity index is 1.24. The molecular formula is C24H33N5O2S. The lowest BCUT2D eigenvalue weighted by Crippen LogP contribution is -2.33. The molecule has 172 valence electrons. The summed E-state index contributed by atoms with van der Waals surface area (Å²) in [5.74, 6) is 0.792. The zero-order chi connectivity index (χ0) is 22.5. The van der Waals surface area contributed by atoms with Gasteiger partial charge < -0.3 is 14.8 Å². The second-order valence-corrected chi connectivity index (χ2v) is 9.74. The molecule has 1 saturated carbocycles. The van der Waals surface area contributed by atoms with Gasteiger partial charge in [0.25, 0.3) is 0 Å². The highest BCUT2D eigenvalue weighted by Crippen LogP contribution is 2.33. The number of nitrogens with one attached hydrogen (secondary N) is 1. The van der Waals surface area contributed by atoms with E-state index >= 15 is 0 Å². The van der Waals surface area contributed by atoms with Crippen molar-refractivity contribution >= 4 is 23.6 Å². The first kappa shape index (κ1) is 22.8. The predicted octanol–water partition coefficient (Wildman–Crippen LogP) is 3.52. The molecule has 32 heavy (non-hydrogen) atoms. The van der Waals surface area contributed by atoms with Gasteiger partial charge in [-0.15, -0.1) is 10.2 Å². The molecule has 1 N–H and O–H groups in total. The smallest absolute Gasteiger partial charge is 0.225 e. The second-order valence-electron chi connectivity index (χ2n) is 8.97. The van der Waals surface area contributed by atoms with Crippen LogP contribution in [0.4, 0.5) is 0 Å². The van der Waals surface area contributed by atoms with E-state index in [-0.39, 0.29) is 17.7 Å². The summed E-state index contributed by atoms with van der Waals surface area (Å²) in [5.41, 5.74) is 2.30. The summed E-state index contributed by atoms with van der Waals surface area (Å²) in [6, 6.07) is 8.71. The largest absolute Gasteiger partial charge is 0.356 e. The normalized spacial score (nSPS) is 19.1. The Labute approximate surface area is 194 Å². The Hall–Kier alpha value is -2.35. The molecule has 0 spiro atoms. The molecule has 7 nitrogen and oxygen atoms in total. The first-order chi connectivity index (χ1) is 15.5. The summed E-state index contributed by atoms with van der Waals surface area (Å²) in [7, 11) is 0. The number of carbonyl (C=O) groups excluding carboxylic acids is 2. The molecule has 4 rings (SSSR count). The molecule has 1 aromatic heterocycles. The number of nitrogens with zero attached hydrogens (tertiary/aromatic N) is 4. The van der Waals surface area contributed by atoms with Crippen LogP contribution in [0.5, 0.6) is 0 Å². The van der Waals surface area contributed by atoms with Crippen LogP contribution in [0.25, 0.3) is 0 Å². The molecule has 8 heteroatoms. The van der Waals surface area contributed by atoms with Gasteiger partial charge in [0.1, 0.15) is 5.82 Å². The van der Waals surface area contributed by atoms with Crippen molar-refractivity contribution in [2.45, 2.75) is 69.6 Å². The standard InChI is InChI=1S/C24H33N5O2S/c1-17-9-11-18(12-10-17)15-28-16-19(14-22(28)30)23(31)25-13-5-8-21-26-27-24(32-2)29(21)20-6-3-4-7-20/h9-12,19-20H,3-8,13-16H2,1-2H3,(H,25,31). The molecule has 0 bridgehead atoms. The van der Waals surface area contributed by atoms with E-state index in [1.165, 1.54) is 31.2 Å². The number of rotatable bonds is 9. The monoisotopic (exact) mass is 455 g/mol. The van der Waals surface area contributed by atoms with Crippen molar-refractivity contribution in [3.05, 3.63) is 41.2 Å². The van der Waals surface area contributed by atoms with E-state index in [4.69, 9.17) is 0 Å². The minimum Gasteiger partial charge on any atom is -0.356 e. The summed E-state index contributed by atoms with van der Waals surface area (Å²) in [5, 5.41) is 12.8. The van der Waals surface area contributed by atoms with Crippen molar-refractivity contribution in [1.29, 1.82) is 0 Å². The summed E-state index contributed by atoms with van der Waals surface area (Å²) >= 11 is 1.65. The van der Waals surface area contributed by atoms with Gasteiger partial charge in [-0.05, 0) is 38.0 Å². The van der Waals surface area contributed by atoms with Crippen LogP contribution in [-0.2, 0) is 22.6 Å². The van der Waals surface area contributed by atoms with Crippen LogP contribution in [0, 0.1) is 12.8 Å². The number of carbonyl (C=O) groups is 2. The van der Waals surface area contributed by atoms with Crippen LogP contribution in [0.1, 0.15) is 61.5 Å². The molecule has 2 aliphatic rings. The Kier molecular flexibility index (Phi) is 7.50. The molecule has 1 aliphatic heterocycles. The van der Waals surface area contributed by atoms with Crippen molar-refractivity contribution in [2.24, 2.45) is 5.92 Å². The van der Waals surface area contributed by atoms with Crippen LogP contribution in [0.3, 0.4) is 0 Å². The fraction of sp³-hybridized carbons (Fsp3) is 0.583. The Morgan fingerprint density at radius 2 is 1.94 bits per heavy atom. The topological polar surface area (TPSA) is 80.1 Å². The van der Waals surface area contributed by atoms with E-state index in [0.717, 1.165) is 29.4 Å². The molecule has 2 amide bonds. The van der Waals surface area contributed by atoms with E-state index in [1.54, 1.807) is 16.7 Å². The fourth-order valence-corrected chi connectivity index (χ4v) is 5.34. The van der Waals surface area contributed by atoms with Crippen LogP contribution in [0.2, 0.25) is 0 Å². The lowest BCUT2D eigenvalue weighted by Gasteiger charge is -2.17. The predicted molar refractivity (Wildman–Crippen MR) is 125 cm³/mol. The average molecular weight is 456 g/mol. The molecule has 0 radical (unpaired) electrons. The quantitative estimate of drug-likeness (QED) is 0.462. The zero-order valence-corrected chi connectivity index (χ0v) is 19.9. The molecule has 2 aromatic rings. The van der Waals surface area contributed by atoms with Crippen molar-refractivity contribution in [1.82, 2.24) is 25.0 Å². The number of hydrogen-bond acceptors (Lipinski definition) is 5. The number of amides is 2. The van der Waals surface area contributed by atoms with Gasteiger partial charge in [-0.1, -0.05) is 54.4 Å². The summed E-state index contributed by atoms with van der Waals surface area (Å²) in [4.78, 5) is 26.8. The molecule has 1 unspecified atom stereocenters. The Morgan fingerprint density at radius 3 is 2.66 bits per heavy atom. The Bertz CT molecular complexity index is 936. The molecule has 2 fully saturated rings. The number of aryl methyl sites for hydroxylation is 2. The highest BCUT2D eigenvalue weighted by molar-refractivity contribution is 7.98. The van der Waals surface area contributed by atoms with Crippen molar-refractivity contribution < 1.29 is 9.59 Å².